The van der Waals surface area contributed by atoms with E-state index < -0.39 is 11.4 Å². The standard InChI is InChI=1S/C12H7FN2O/c13-10-5-1-2-6-11(10)15-7-3-4-9(8-14)12(15)16/h1-7H. The van der Waals surface area contributed by atoms with Gasteiger partial charge < -0.3 is 0 Å². The van der Waals surface area contributed by atoms with E-state index in [0.717, 1.165) is 4.57 Å². The fourth-order valence-corrected chi connectivity index (χ4v) is 1.42. The van der Waals surface area contributed by atoms with E-state index in [-0.39, 0.29) is 11.3 Å². The highest BCUT2D eigenvalue weighted by Gasteiger charge is 2.07. The maximum absolute atomic E-state index is 13.4. The number of pyridine rings is 1. The lowest BCUT2D eigenvalue weighted by Crippen LogP contribution is -2.20. The number of halogens is 1. The number of rotatable bonds is 1. The van der Waals surface area contributed by atoms with Crippen molar-refractivity contribution >= 4 is 0 Å². The summed E-state index contributed by atoms with van der Waals surface area (Å²) in [6, 6.07) is 10.6. The number of aromatic nitrogens is 1. The highest BCUT2D eigenvalue weighted by molar-refractivity contribution is 5.36. The van der Waals surface area contributed by atoms with Crippen LogP contribution in [0.1, 0.15) is 5.56 Å². The maximum atomic E-state index is 13.4. The molecule has 0 N–H and O–H groups in total. The number of nitriles is 1. The fraction of sp³-hybridized carbons (Fsp3) is 0. The maximum Gasteiger partial charge on any atom is 0.273 e. The van der Waals surface area contributed by atoms with Crippen LogP contribution in [-0.4, -0.2) is 4.57 Å². The second-order valence-electron chi connectivity index (χ2n) is 3.16. The molecule has 0 aliphatic rings. The van der Waals surface area contributed by atoms with Gasteiger partial charge in [-0.15, -0.1) is 0 Å². The van der Waals surface area contributed by atoms with Gasteiger partial charge in [-0.2, -0.15) is 5.26 Å². The van der Waals surface area contributed by atoms with Crippen LogP contribution >= 0.6 is 0 Å². The summed E-state index contributed by atoms with van der Waals surface area (Å²) in [6.45, 7) is 0. The van der Waals surface area contributed by atoms with Crippen molar-refractivity contribution in [2.45, 2.75) is 0 Å². The van der Waals surface area contributed by atoms with Gasteiger partial charge in [0.15, 0.2) is 0 Å². The molecule has 4 heteroatoms. The molecule has 2 rings (SSSR count). The minimum Gasteiger partial charge on any atom is -0.280 e. The molecule has 1 heterocycles. The molecule has 0 radical (unpaired) electrons. The van der Waals surface area contributed by atoms with Crippen molar-refractivity contribution in [1.29, 1.82) is 5.26 Å². The Hall–Kier alpha value is -2.41. The normalized spacial score (nSPS) is 9.75. The lowest BCUT2D eigenvalue weighted by atomic mass is 10.2. The van der Waals surface area contributed by atoms with E-state index in [1.807, 2.05) is 0 Å². The first-order valence-corrected chi connectivity index (χ1v) is 4.60. The van der Waals surface area contributed by atoms with E-state index >= 15 is 0 Å². The summed E-state index contributed by atoms with van der Waals surface area (Å²) in [5.41, 5.74) is -0.384. The van der Waals surface area contributed by atoms with Gasteiger partial charge in [-0.1, -0.05) is 12.1 Å². The third-order valence-corrected chi connectivity index (χ3v) is 2.18. The molecule has 0 saturated carbocycles. The van der Waals surface area contributed by atoms with Gasteiger partial charge in [-0.3, -0.25) is 9.36 Å². The first-order valence-electron chi connectivity index (χ1n) is 4.60. The Morgan fingerprint density at radius 2 is 1.94 bits per heavy atom. The van der Waals surface area contributed by atoms with E-state index in [9.17, 15) is 9.18 Å². The fourth-order valence-electron chi connectivity index (χ4n) is 1.42. The zero-order chi connectivity index (χ0) is 11.5. The molecule has 0 amide bonds. The zero-order valence-corrected chi connectivity index (χ0v) is 8.22. The van der Waals surface area contributed by atoms with Crippen molar-refractivity contribution in [3.05, 3.63) is 64.3 Å². The minimum atomic E-state index is -0.518. The summed E-state index contributed by atoms with van der Waals surface area (Å²) in [5.74, 6) is -0.500. The van der Waals surface area contributed by atoms with E-state index in [2.05, 4.69) is 0 Å². The average Bonchev–Trinajstić information content (AvgIpc) is 2.31. The molecule has 0 unspecified atom stereocenters. The molecule has 0 aliphatic heterocycles. The van der Waals surface area contributed by atoms with E-state index in [4.69, 9.17) is 5.26 Å². The van der Waals surface area contributed by atoms with Crippen molar-refractivity contribution in [1.82, 2.24) is 4.57 Å². The summed E-state index contributed by atoms with van der Waals surface area (Å²) >= 11 is 0. The number of hydrogen-bond donors (Lipinski definition) is 0. The highest BCUT2D eigenvalue weighted by atomic mass is 19.1. The van der Waals surface area contributed by atoms with E-state index in [1.54, 1.807) is 12.1 Å². The number of nitrogens with zero attached hydrogens (tertiary/aromatic N) is 2. The molecule has 16 heavy (non-hydrogen) atoms. The average molecular weight is 214 g/mol. The lowest BCUT2D eigenvalue weighted by Gasteiger charge is -2.06. The summed E-state index contributed by atoms with van der Waals surface area (Å²) in [6.07, 6.45) is 1.43. The molecular weight excluding hydrogens is 207 g/mol. The Morgan fingerprint density at radius 1 is 1.19 bits per heavy atom. The molecule has 2 aromatic rings. The van der Waals surface area contributed by atoms with Crippen molar-refractivity contribution in [3.63, 3.8) is 0 Å². The Kier molecular flexibility index (Phi) is 2.52. The van der Waals surface area contributed by atoms with Gasteiger partial charge in [-0.25, -0.2) is 4.39 Å². The Bertz CT molecular complexity index is 625. The summed E-state index contributed by atoms with van der Waals surface area (Å²) in [7, 11) is 0. The third-order valence-electron chi connectivity index (χ3n) is 2.18. The molecule has 1 aromatic heterocycles. The van der Waals surface area contributed by atoms with Crippen molar-refractivity contribution < 1.29 is 4.39 Å². The number of para-hydroxylation sites is 1. The number of hydrogen-bond acceptors (Lipinski definition) is 2. The predicted molar refractivity (Wildman–Crippen MR) is 56.7 cm³/mol. The Balaban J connectivity index is 2.72. The van der Waals surface area contributed by atoms with Gasteiger partial charge >= 0.3 is 0 Å². The molecule has 3 nitrogen and oxygen atoms in total. The lowest BCUT2D eigenvalue weighted by molar-refractivity contribution is 0.616. The minimum absolute atomic E-state index is 0.00856. The van der Waals surface area contributed by atoms with Crippen LogP contribution in [0.25, 0.3) is 5.69 Å². The Labute approximate surface area is 91.0 Å². The molecule has 0 atom stereocenters. The van der Waals surface area contributed by atoms with Crippen LogP contribution in [0.4, 0.5) is 4.39 Å². The van der Waals surface area contributed by atoms with E-state index in [1.165, 1.54) is 36.5 Å². The topological polar surface area (TPSA) is 45.8 Å². The first-order chi connectivity index (χ1) is 7.74. The van der Waals surface area contributed by atoms with Crippen LogP contribution < -0.4 is 5.56 Å². The largest absolute Gasteiger partial charge is 0.280 e. The SMILES string of the molecule is N#Cc1cccn(-c2ccccc2F)c1=O. The van der Waals surface area contributed by atoms with Gasteiger partial charge in [0.25, 0.3) is 5.56 Å². The molecule has 0 bridgehead atoms. The molecule has 0 spiro atoms. The summed E-state index contributed by atoms with van der Waals surface area (Å²) in [4.78, 5) is 11.7. The molecule has 78 valence electrons. The van der Waals surface area contributed by atoms with Gasteiger partial charge in [0, 0.05) is 6.20 Å². The second kappa shape index (κ2) is 3.99. The monoisotopic (exact) mass is 214 g/mol. The van der Waals surface area contributed by atoms with E-state index in [0.29, 0.717) is 0 Å². The molecule has 0 fully saturated rings. The van der Waals surface area contributed by atoms with Crippen molar-refractivity contribution in [3.8, 4) is 11.8 Å². The second-order valence-corrected chi connectivity index (χ2v) is 3.16. The van der Waals surface area contributed by atoms with Crippen LogP contribution in [0.5, 0.6) is 0 Å². The smallest absolute Gasteiger partial charge is 0.273 e. The van der Waals surface area contributed by atoms with Crippen molar-refractivity contribution in [2.24, 2.45) is 0 Å². The molecule has 0 aliphatic carbocycles. The molecular formula is C12H7FN2O. The van der Waals surface area contributed by atoms with Gasteiger partial charge in [0.05, 0.1) is 5.69 Å². The van der Waals surface area contributed by atoms with Gasteiger partial charge in [0.2, 0.25) is 0 Å². The summed E-state index contributed by atoms with van der Waals surface area (Å²) in [5, 5.41) is 8.70. The molecule has 0 saturated heterocycles. The predicted octanol–water partition coefficient (Wildman–Crippen LogP) is 1.85. The summed E-state index contributed by atoms with van der Waals surface area (Å²) < 4.78 is 14.6. The number of benzene rings is 1. The Morgan fingerprint density at radius 3 is 2.62 bits per heavy atom. The van der Waals surface area contributed by atoms with Crippen LogP contribution in [0, 0.1) is 17.1 Å². The quantitative estimate of drug-likeness (QED) is 0.727. The zero-order valence-electron chi connectivity index (χ0n) is 8.22. The van der Waals surface area contributed by atoms with Crippen LogP contribution in [-0.2, 0) is 0 Å². The van der Waals surface area contributed by atoms with Crippen LogP contribution in [0.3, 0.4) is 0 Å². The highest BCUT2D eigenvalue weighted by Crippen LogP contribution is 2.10. The van der Waals surface area contributed by atoms with Crippen LogP contribution in [0.2, 0.25) is 0 Å². The van der Waals surface area contributed by atoms with Gasteiger partial charge in [-0.05, 0) is 24.3 Å². The molecule has 1 aromatic carbocycles. The van der Waals surface area contributed by atoms with Crippen LogP contribution in [0.15, 0.2) is 47.4 Å². The van der Waals surface area contributed by atoms with Crippen molar-refractivity contribution in [2.75, 3.05) is 0 Å². The third kappa shape index (κ3) is 1.59. The first kappa shape index (κ1) is 10.1. The van der Waals surface area contributed by atoms with Gasteiger partial charge in [0.1, 0.15) is 17.4 Å².